The van der Waals surface area contributed by atoms with E-state index in [4.69, 9.17) is 32.5 Å². The van der Waals surface area contributed by atoms with Crippen molar-refractivity contribution in [3.05, 3.63) is 45.5 Å². The zero-order valence-corrected chi connectivity index (χ0v) is 13.6. The minimum atomic E-state index is -0.0270. The van der Waals surface area contributed by atoms with Crippen molar-refractivity contribution >= 4 is 23.2 Å². The highest BCUT2D eigenvalue weighted by molar-refractivity contribution is 6.34. The molecule has 0 spiro atoms. The number of aromatic nitrogens is 2. The third kappa shape index (κ3) is 4.41. The van der Waals surface area contributed by atoms with Crippen LogP contribution in [0.4, 0.5) is 0 Å². The van der Waals surface area contributed by atoms with Crippen LogP contribution in [0.2, 0.25) is 10.0 Å². The smallest absolute Gasteiger partial charge is 0.243 e. The molecule has 0 saturated heterocycles. The Kier molecular flexibility index (Phi) is 5.58. The molecule has 0 aliphatic rings. The number of ether oxygens (including phenoxy) is 1. The summed E-state index contributed by atoms with van der Waals surface area (Å²) >= 11 is 12.0. The van der Waals surface area contributed by atoms with Crippen molar-refractivity contribution in [1.29, 1.82) is 0 Å². The van der Waals surface area contributed by atoms with E-state index in [-0.39, 0.29) is 6.04 Å². The van der Waals surface area contributed by atoms with E-state index in [1.54, 1.807) is 13.2 Å². The molecule has 21 heavy (non-hydrogen) atoms. The molecule has 0 radical (unpaired) electrons. The molecule has 114 valence electrons. The van der Waals surface area contributed by atoms with Crippen LogP contribution in [0.5, 0.6) is 0 Å². The maximum absolute atomic E-state index is 6.01. The molecule has 1 heterocycles. The Morgan fingerprint density at radius 2 is 1.95 bits per heavy atom. The summed E-state index contributed by atoms with van der Waals surface area (Å²) in [5.74, 6) is 1.09. The lowest BCUT2D eigenvalue weighted by molar-refractivity contribution is 0.173. The van der Waals surface area contributed by atoms with E-state index in [1.807, 2.05) is 26.1 Å². The first-order chi connectivity index (χ1) is 9.99. The molecule has 5 nitrogen and oxygen atoms in total. The zero-order valence-electron chi connectivity index (χ0n) is 12.1. The Morgan fingerprint density at radius 1 is 1.29 bits per heavy atom. The first-order valence-corrected chi connectivity index (χ1v) is 7.22. The highest BCUT2D eigenvalue weighted by Gasteiger charge is 2.19. The van der Waals surface area contributed by atoms with Crippen LogP contribution in [0.25, 0.3) is 0 Å². The van der Waals surface area contributed by atoms with E-state index >= 15 is 0 Å². The molecule has 0 N–H and O–H groups in total. The molecule has 0 bridgehead atoms. The number of hydrogen-bond donors (Lipinski definition) is 0. The normalized spacial score (nSPS) is 12.9. The average Bonchev–Trinajstić information content (AvgIpc) is 2.85. The fraction of sp³-hybridized carbons (Fsp3) is 0.429. The van der Waals surface area contributed by atoms with E-state index in [1.165, 1.54) is 0 Å². The summed E-state index contributed by atoms with van der Waals surface area (Å²) in [5.41, 5.74) is 1.03. The summed E-state index contributed by atoms with van der Waals surface area (Å²) in [4.78, 5) is 6.38. The highest BCUT2D eigenvalue weighted by Crippen LogP contribution is 2.23. The molecule has 0 amide bonds. The largest absolute Gasteiger partial charge is 0.377 e. The molecule has 1 unspecified atom stereocenters. The first-order valence-electron chi connectivity index (χ1n) is 6.46. The topological polar surface area (TPSA) is 51.4 Å². The molecule has 2 rings (SSSR count). The van der Waals surface area contributed by atoms with Gasteiger partial charge in [-0.15, -0.1) is 0 Å². The van der Waals surface area contributed by atoms with Gasteiger partial charge < -0.3 is 9.26 Å². The second-order valence-electron chi connectivity index (χ2n) is 4.85. The van der Waals surface area contributed by atoms with Crippen molar-refractivity contribution < 1.29 is 9.26 Å². The maximum atomic E-state index is 6.01. The second-order valence-corrected chi connectivity index (χ2v) is 5.72. The number of hydrogen-bond acceptors (Lipinski definition) is 5. The predicted molar refractivity (Wildman–Crippen MR) is 81.4 cm³/mol. The van der Waals surface area contributed by atoms with Crippen LogP contribution in [-0.2, 0) is 17.9 Å². The molecule has 0 aliphatic heterocycles. The molecule has 1 aromatic heterocycles. The summed E-state index contributed by atoms with van der Waals surface area (Å²) in [6.07, 6.45) is 0. The van der Waals surface area contributed by atoms with E-state index in [2.05, 4.69) is 15.0 Å². The number of nitrogens with zero attached hydrogens (tertiary/aromatic N) is 3. The van der Waals surface area contributed by atoms with Gasteiger partial charge in [0.15, 0.2) is 5.82 Å². The maximum Gasteiger partial charge on any atom is 0.243 e. The van der Waals surface area contributed by atoms with E-state index in [0.29, 0.717) is 34.9 Å². The van der Waals surface area contributed by atoms with E-state index in [0.717, 1.165) is 5.56 Å². The molecule has 1 aromatic carbocycles. The Bertz CT molecular complexity index is 583. The van der Waals surface area contributed by atoms with Gasteiger partial charge in [-0.25, -0.2) is 0 Å². The lowest BCUT2D eigenvalue weighted by Crippen LogP contribution is -2.22. The number of benzene rings is 1. The summed E-state index contributed by atoms with van der Waals surface area (Å²) in [6.45, 7) is 3.00. The van der Waals surface area contributed by atoms with Gasteiger partial charge in [0.2, 0.25) is 5.89 Å². The molecule has 0 aliphatic carbocycles. The SMILES string of the molecule is COCc1noc(C(C)N(C)Cc2cc(Cl)cc(Cl)c2)n1. The monoisotopic (exact) mass is 329 g/mol. The first kappa shape index (κ1) is 16.2. The van der Waals surface area contributed by atoms with Crippen LogP contribution >= 0.6 is 23.2 Å². The van der Waals surface area contributed by atoms with Crippen molar-refractivity contribution in [2.45, 2.75) is 26.1 Å². The minimum Gasteiger partial charge on any atom is -0.377 e. The summed E-state index contributed by atoms with van der Waals surface area (Å²) in [6, 6.07) is 5.47. The van der Waals surface area contributed by atoms with E-state index in [9.17, 15) is 0 Å². The van der Waals surface area contributed by atoms with Crippen molar-refractivity contribution in [3.8, 4) is 0 Å². The third-order valence-electron chi connectivity index (χ3n) is 3.13. The zero-order chi connectivity index (χ0) is 15.4. The van der Waals surface area contributed by atoms with Gasteiger partial charge in [-0.1, -0.05) is 28.4 Å². The van der Waals surface area contributed by atoms with Gasteiger partial charge in [-0.05, 0) is 37.7 Å². The second kappa shape index (κ2) is 7.22. The number of rotatable bonds is 6. The van der Waals surface area contributed by atoms with E-state index < -0.39 is 0 Å². The fourth-order valence-electron chi connectivity index (χ4n) is 1.94. The minimum absolute atomic E-state index is 0.0270. The summed E-state index contributed by atoms with van der Waals surface area (Å²) in [5, 5.41) is 5.11. The summed E-state index contributed by atoms with van der Waals surface area (Å²) in [7, 11) is 3.56. The van der Waals surface area contributed by atoms with Crippen LogP contribution in [0, 0.1) is 0 Å². The van der Waals surface area contributed by atoms with Gasteiger partial charge in [0.05, 0.1) is 6.04 Å². The lowest BCUT2D eigenvalue weighted by Gasteiger charge is -2.21. The van der Waals surface area contributed by atoms with Crippen molar-refractivity contribution in [3.63, 3.8) is 0 Å². The van der Waals surface area contributed by atoms with Gasteiger partial charge in [0, 0.05) is 23.7 Å². The predicted octanol–water partition coefficient (Wildman–Crippen LogP) is 3.72. The molecule has 1 atom stereocenters. The lowest BCUT2D eigenvalue weighted by atomic mass is 10.2. The van der Waals surface area contributed by atoms with Crippen molar-refractivity contribution in [1.82, 2.24) is 15.0 Å². The average molecular weight is 330 g/mol. The molecular weight excluding hydrogens is 313 g/mol. The summed E-state index contributed by atoms with van der Waals surface area (Å²) < 4.78 is 10.2. The third-order valence-corrected chi connectivity index (χ3v) is 3.57. The van der Waals surface area contributed by atoms with Crippen LogP contribution in [0.1, 0.15) is 30.2 Å². The Morgan fingerprint density at radius 3 is 2.57 bits per heavy atom. The Balaban J connectivity index is 2.05. The van der Waals surface area contributed by atoms with Gasteiger partial charge >= 0.3 is 0 Å². The fourth-order valence-corrected chi connectivity index (χ4v) is 2.51. The van der Waals surface area contributed by atoms with Crippen LogP contribution in [0.3, 0.4) is 0 Å². The molecular formula is C14H17Cl2N3O2. The molecule has 0 fully saturated rings. The molecule has 0 saturated carbocycles. The highest BCUT2D eigenvalue weighted by atomic mass is 35.5. The van der Waals surface area contributed by atoms with Gasteiger partial charge in [-0.3, -0.25) is 4.90 Å². The standard InChI is InChI=1S/C14H17Cl2N3O2/c1-9(14-17-13(8-20-3)18-21-14)19(2)7-10-4-11(15)6-12(16)5-10/h4-6,9H,7-8H2,1-3H3. The molecule has 7 heteroatoms. The van der Waals surface area contributed by atoms with Crippen molar-refractivity contribution in [2.75, 3.05) is 14.2 Å². The quantitative estimate of drug-likeness (QED) is 0.808. The van der Waals surface area contributed by atoms with Gasteiger partial charge in [0.25, 0.3) is 0 Å². The van der Waals surface area contributed by atoms with Crippen LogP contribution in [-0.4, -0.2) is 29.2 Å². The van der Waals surface area contributed by atoms with Gasteiger partial charge in [0.1, 0.15) is 6.61 Å². The molecule has 2 aromatic rings. The van der Waals surface area contributed by atoms with Crippen LogP contribution in [0.15, 0.2) is 22.7 Å². The number of methoxy groups -OCH3 is 1. The Labute approximate surface area is 133 Å². The number of halogens is 2. The van der Waals surface area contributed by atoms with Crippen molar-refractivity contribution in [2.24, 2.45) is 0 Å². The van der Waals surface area contributed by atoms with Gasteiger partial charge in [-0.2, -0.15) is 4.98 Å². The Hall–Kier alpha value is -1.14. The van der Waals surface area contributed by atoms with Crippen LogP contribution < -0.4 is 0 Å².